The van der Waals surface area contributed by atoms with Crippen molar-refractivity contribution in [3.63, 3.8) is 0 Å². The molecule has 2 rings (SSSR count). The number of aryl methyl sites for hydroxylation is 1. The van der Waals surface area contributed by atoms with E-state index in [4.69, 9.17) is 5.73 Å². The van der Waals surface area contributed by atoms with E-state index in [0.29, 0.717) is 17.9 Å². The molecule has 0 saturated carbocycles. The summed E-state index contributed by atoms with van der Waals surface area (Å²) in [4.78, 5) is 4.11. The molecule has 0 amide bonds. The maximum absolute atomic E-state index is 13.5. The van der Waals surface area contributed by atoms with Gasteiger partial charge in [0.15, 0.2) is 5.82 Å². The molecule has 3 N–H and O–H groups in total. The third-order valence-electron chi connectivity index (χ3n) is 2.60. The summed E-state index contributed by atoms with van der Waals surface area (Å²) in [7, 11) is 0. The predicted molar refractivity (Wildman–Crippen MR) is 59.4 cm³/mol. The van der Waals surface area contributed by atoms with Crippen LogP contribution in [0.5, 0.6) is 0 Å². The number of halogens is 1. The van der Waals surface area contributed by atoms with Gasteiger partial charge in [-0.1, -0.05) is 6.07 Å². The first-order valence-corrected chi connectivity index (χ1v) is 5.21. The van der Waals surface area contributed by atoms with E-state index < -0.39 is 6.10 Å². The van der Waals surface area contributed by atoms with Crippen LogP contribution in [0, 0.1) is 5.82 Å². The topological polar surface area (TPSA) is 64.1 Å². The fraction of sp³-hybridized carbons (Fsp3) is 0.364. The number of fused-ring (bicyclic) bond motifs is 1. The molecule has 86 valence electrons. The largest absolute Gasteiger partial charge is 0.384 e. The maximum atomic E-state index is 13.5. The number of hydrogen-bond donors (Lipinski definition) is 2. The van der Waals surface area contributed by atoms with Crippen molar-refractivity contribution < 1.29 is 9.50 Å². The molecule has 16 heavy (non-hydrogen) atoms. The fourth-order valence-electron chi connectivity index (χ4n) is 1.82. The van der Waals surface area contributed by atoms with E-state index >= 15 is 0 Å². The summed E-state index contributed by atoms with van der Waals surface area (Å²) in [6, 6.07) is 4.76. The van der Waals surface area contributed by atoms with Crippen LogP contribution in [0.15, 0.2) is 18.2 Å². The van der Waals surface area contributed by atoms with Crippen molar-refractivity contribution in [2.75, 3.05) is 6.54 Å². The van der Waals surface area contributed by atoms with Crippen LogP contribution in [0.3, 0.4) is 0 Å². The van der Waals surface area contributed by atoms with Crippen molar-refractivity contribution >= 4 is 11.0 Å². The van der Waals surface area contributed by atoms with Gasteiger partial charge in [0.1, 0.15) is 17.4 Å². The fourth-order valence-corrected chi connectivity index (χ4v) is 1.82. The Kier molecular flexibility index (Phi) is 2.89. The first kappa shape index (κ1) is 11.0. The molecule has 1 aromatic carbocycles. The maximum Gasteiger partial charge on any atom is 0.151 e. The monoisotopic (exact) mass is 223 g/mol. The first-order valence-electron chi connectivity index (χ1n) is 5.21. The molecule has 4 nitrogen and oxygen atoms in total. The van der Waals surface area contributed by atoms with Crippen molar-refractivity contribution in [1.29, 1.82) is 0 Å². The van der Waals surface area contributed by atoms with E-state index in [1.807, 2.05) is 6.92 Å². The van der Waals surface area contributed by atoms with Crippen molar-refractivity contribution in [3.05, 3.63) is 29.8 Å². The van der Waals surface area contributed by atoms with E-state index in [1.54, 1.807) is 16.7 Å². The summed E-state index contributed by atoms with van der Waals surface area (Å²) < 4.78 is 15.3. The van der Waals surface area contributed by atoms with Crippen LogP contribution < -0.4 is 5.73 Å². The summed E-state index contributed by atoms with van der Waals surface area (Å²) in [5.41, 5.74) is 6.36. The molecular weight excluding hydrogens is 209 g/mol. The minimum atomic E-state index is -0.855. The van der Waals surface area contributed by atoms with Crippen LogP contribution in [0.2, 0.25) is 0 Å². The van der Waals surface area contributed by atoms with Crippen LogP contribution >= 0.6 is 0 Å². The van der Waals surface area contributed by atoms with Crippen molar-refractivity contribution in [2.45, 2.75) is 19.6 Å². The van der Waals surface area contributed by atoms with Gasteiger partial charge in [-0.3, -0.25) is 0 Å². The van der Waals surface area contributed by atoms with Gasteiger partial charge in [0.05, 0.1) is 5.52 Å². The van der Waals surface area contributed by atoms with Crippen LogP contribution in [0.25, 0.3) is 11.0 Å². The zero-order chi connectivity index (χ0) is 11.7. The number of rotatable bonds is 3. The molecule has 1 heterocycles. The van der Waals surface area contributed by atoms with Crippen LogP contribution in [0.4, 0.5) is 4.39 Å². The lowest BCUT2D eigenvalue weighted by Crippen LogP contribution is -2.16. The highest BCUT2D eigenvalue weighted by atomic mass is 19.1. The summed E-state index contributed by atoms with van der Waals surface area (Å²) in [6.45, 7) is 2.61. The molecule has 1 aromatic heterocycles. The van der Waals surface area contributed by atoms with Gasteiger partial charge in [-0.2, -0.15) is 0 Å². The number of aliphatic hydroxyl groups excluding tert-OH is 1. The SMILES string of the molecule is CCn1c(C(O)CN)nc2c(F)cccc21. The highest BCUT2D eigenvalue weighted by Gasteiger charge is 2.17. The number of aliphatic hydroxyl groups is 1. The Morgan fingerprint density at radius 1 is 1.56 bits per heavy atom. The molecule has 0 aliphatic heterocycles. The van der Waals surface area contributed by atoms with Gasteiger partial charge >= 0.3 is 0 Å². The number of para-hydroxylation sites is 1. The zero-order valence-corrected chi connectivity index (χ0v) is 9.02. The van der Waals surface area contributed by atoms with Gasteiger partial charge in [0.2, 0.25) is 0 Å². The molecule has 0 fully saturated rings. The highest BCUT2D eigenvalue weighted by Crippen LogP contribution is 2.22. The molecule has 0 spiro atoms. The number of imidazole rings is 1. The molecule has 5 heteroatoms. The Hall–Kier alpha value is -1.46. The molecule has 0 aliphatic rings. The number of nitrogens with zero attached hydrogens (tertiary/aromatic N) is 2. The van der Waals surface area contributed by atoms with E-state index in [-0.39, 0.29) is 17.9 Å². The van der Waals surface area contributed by atoms with Crippen molar-refractivity contribution in [1.82, 2.24) is 9.55 Å². The van der Waals surface area contributed by atoms with Crippen LogP contribution in [-0.4, -0.2) is 21.2 Å². The predicted octanol–water partition coefficient (Wildman–Crippen LogP) is 1.19. The Balaban J connectivity index is 2.71. The second-order valence-electron chi connectivity index (χ2n) is 3.57. The number of benzene rings is 1. The Bertz CT molecular complexity index is 509. The molecule has 0 radical (unpaired) electrons. The molecule has 0 aliphatic carbocycles. The van der Waals surface area contributed by atoms with Gasteiger partial charge in [-0.15, -0.1) is 0 Å². The van der Waals surface area contributed by atoms with Crippen LogP contribution in [-0.2, 0) is 6.54 Å². The van der Waals surface area contributed by atoms with E-state index in [2.05, 4.69) is 4.98 Å². The number of aromatic nitrogens is 2. The number of hydrogen-bond acceptors (Lipinski definition) is 3. The quantitative estimate of drug-likeness (QED) is 0.821. The smallest absolute Gasteiger partial charge is 0.151 e. The molecule has 2 aromatic rings. The van der Waals surface area contributed by atoms with Crippen molar-refractivity contribution in [3.8, 4) is 0 Å². The second-order valence-corrected chi connectivity index (χ2v) is 3.57. The van der Waals surface area contributed by atoms with Crippen molar-refractivity contribution in [2.24, 2.45) is 5.73 Å². The highest BCUT2D eigenvalue weighted by molar-refractivity contribution is 5.76. The van der Waals surface area contributed by atoms with E-state index in [1.165, 1.54) is 6.07 Å². The summed E-state index contributed by atoms with van der Waals surface area (Å²) in [5.74, 6) is 0.0419. The lowest BCUT2D eigenvalue weighted by atomic mass is 10.3. The van der Waals surface area contributed by atoms with E-state index in [9.17, 15) is 9.50 Å². The normalized spacial score (nSPS) is 13.2. The number of nitrogens with two attached hydrogens (primary N) is 1. The Morgan fingerprint density at radius 2 is 2.31 bits per heavy atom. The van der Waals surface area contributed by atoms with Crippen LogP contribution in [0.1, 0.15) is 18.9 Å². The molecule has 1 unspecified atom stereocenters. The summed E-state index contributed by atoms with van der Waals surface area (Å²) >= 11 is 0. The first-order chi connectivity index (χ1) is 7.69. The average Bonchev–Trinajstić information content (AvgIpc) is 2.68. The average molecular weight is 223 g/mol. The van der Waals surface area contributed by atoms with Gasteiger partial charge in [0, 0.05) is 13.1 Å². The minimum absolute atomic E-state index is 0.0743. The summed E-state index contributed by atoms with van der Waals surface area (Å²) in [6.07, 6.45) is -0.855. The Morgan fingerprint density at radius 3 is 2.94 bits per heavy atom. The molecule has 0 bridgehead atoms. The van der Waals surface area contributed by atoms with Gasteiger partial charge in [0.25, 0.3) is 0 Å². The summed E-state index contributed by atoms with van der Waals surface area (Å²) in [5, 5.41) is 9.70. The van der Waals surface area contributed by atoms with Gasteiger partial charge < -0.3 is 15.4 Å². The molecular formula is C11H14FN3O. The lowest BCUT2D eigenvalue weighted by Gasteiger charge is -2.09. The van der Waals surface area contributed by atoms with Gasteiger partial charge in [-0.05, 0) is 19.1 Å². The molecule has 1 atom stereocenters. The molecule has 0 saturated heterocycles. The standard InChI is InChI=1S/C11H14FN3O/c1-2-15-8-5-3-4-7(12)10(8)14-11(15)9(16)6-13/h3-5,9,16H,2,6,13H2,1H3. The third kappa shape index (κ3) is 1.58. The second kappa shape index (κ2) is 4.19. The zero-order valence-electron chi connectivity index (χ0n) is 9.02. The third-order valence-corrected chi connectivity index (χ3v) is 2.60. The van der Waals surface area contributed by atoms with Gasteiger partial charge in [-0.25, -0.2) is 9.37 Å². The van der Waals surface area contributed by atoms with E-state index in [0.717, 1.165) is 0 Å². The lowest BCUT2D eigenvalue weighted by molar-refractivity contribution is 0.172. The minimum Gasteiger partial charge on any atom is -0.384 e. The Labute approximate surface area is 92.5 Å².